The second-order valence-corrected chi connectivity index (χ2v) is 2.05. The first-order valence-electron chi connectivity index (χ1n) is 3.27. The maximum Gasteiger partial charge on any atom is 0.338 e. The smallest absolute Gasteiger partial charge is 0.338 e. The summed E-state index contributed by atoms with van der Waals surface area (Å²) in [5, 5.41) is 7.94. The van der Waals surface area contributed by atoms with Crippen LogP contribution in [0.1, 0.15) is 12.8 Å². The van der Waals surface area contributed by atoms with Crippen LogP contribution in [0.4, 0.5) is 0 Å². The fraction of sp³-hybridized carbons (Fsp3) is 0.667. The summed E-state index contributed by atoms with van der Waals surface area (Å²) < 4.78 is 4.00. The number of carbonyl (C=O) groups is 1. The minimum Gasteiger partial charge on any atom is -0.350 e. The average molecular weight is 157 g/mol. The number of ether oxygens (including phenoxy) is 1. The molecule has 0 radical (unpaired) electrons. The monoisotopic (exact) mass is 157 g/mol. The van der Waals surface area contributed by atoms with Crippen molar-refractivity contribution in [3.05, 3.63) is 0 Å². The lowest BCUT2D eigenvalue weighted by atomic mass is 10.2. The van der Waals surface area contributed by atoms with Crippen LogP contribution in [0, 0.1) is 11.5 Å². The van der Waals surface area contributed by atoms with Crippen molar-refractivity contribution in [1.82, 2.24) is 0 Å². The first-order valence-corrected chi connectivity index (χ1v) is 3.27. The topological polar surface area (TPSA) is 102 Å². The van der Waals surface area contributed by atoms with Crippen LogP contribution in [0.25, 0.3) is 0 Å². The number of nitriles is 1. The molecule has 0 aliphatic rings. The van der Waals surface area contributed by atoms with Gasteiger partial charge >= 0.3 is 5.97 Å². The van der Waals surface area contributed by atoms with Gasteiger partial charge in [-0.1, -0.05) is 0 Å². The van der Waals surface area contributed by atoms with E-state index in [-0.39, 0.29) is 0 Å². The molecule has 0 aliphatic heterocycles. The fourth-order valence-electron chi connectivity index (χ4n) is 0.576. The van der Waals surface area contributed by atoms with E-state index in [0.717, 1.165) is 0 Å². The third kappa shape index (κ3) is 4.31. The molecule has 0 saturated heterocycles. The van der Waals surface area contributed by atoms with Crippen LogP contribution < -0.4 is 11.5 Å². The number of esters is 1. The molecular weight excluding hydrogens is 146 g/mol. The van der Waals surface area contributed by atoms with Crippen molar-refractivity contribution < 1.29 is 9.53 Å². The van der Waals surface area contributed by atoms with Crippen LogP contribution in [0.3, 0.4) is 0 Å². The molecule has 5 heteroatoms. The van der Waals surface area contributed by atoms with E-state index in [4.69, 9.17) is 16.7 Å². The van der Waals surface area contributed by atoms with Gasteiger partial charge in [0.2, 0.25) is 0 Å². The lowest BCUT2D eigenvalue weighted by Gasteiger charge is -2.04. The molecule has 0 rings (SSSR count). The highest BCUT2D eigenvalue weighted by molar-refractivity contribution is 5.76. The van der Waals surface area contributed by atoms with Crippen molar-refractivity contribution >= 4 is 5.97 Å². The van der Waals surface area contributed by atoms with Crippen LogP contribution in [-0.4, -0.2) is 18.6 Å². The van der Waals surface area contributed by atoms with Gasteiger partial charge in [0.1, 0.15) is 6.04 Å². The number of nitrogens with zero attached hydrogens (tertiary/aromatic N) is 1. The van der Waals surface area contributed by atoms with Crippen LogP contribution in [0.5, 0.6) is 0 Å². The van der Waals surface area contributed by atoms with Crippen molar-refractivity contribution in [2.75, 3.05) is 6.54 Å². The molecule has 0 fully saturated rings. The molecule has 0 aromatic heterocycles. The van der Waals surface area contributed by atoms with Gasteiger partial charge in [-0.25, -0.2) is 4.79 Å². The molecule has 0 heterocycles. The maximum atomic E-state index is 10.6. The molecule has 0 saturated carbocycles. The molecule has 1 atom stereocenters. The van der Waals surface area contributed by atoms with Crippen molar-refractivity contribution in [2.45, 2.75) is 18.9 Å². The zero-order valence-corrected chi connectivity index (χ0v) is 6.12. The summed E-state index contributed by atoms with van der Waals surface area (Å²) in [5.74, 6) is -0.694. The molecule has 0 aromatic carbocycles. The molecule has 0 unspecified atom stereocenters. The predicted octanol–water partition coefficient (Wildman–Crippen LogP) is -0.923. The highest BCUT2D eigenvalue weighted by Gasteiger charge is 2.13. The Balaban J connectivity index is 3.57. The van der Waals surface area contributed by atoms with Gasteiger partial charge in [0, 0.05) is 0 Å². The van der Waals surface area contributed by atoms with Crippen LogP contribution in [-0.2, 0) is 9.53 Å². The van der Waals surface area contributed by atoms with Crippen molar-refractivity contribution in [2.24, 2.45) is 11.5 Å². The third-order valence-electron chi connectivity index (χ3n) is 1.17. The number of nitrogens with two attached hydrogens (primary N) is 2. The van der Waals surface area contributed by atoms with Gasteiger partial charge in [0.25, 0.3) is 6.26 Å². The van der Waals surface area contributed by atoms with Gasteiger partial charge in [0.05, 0.1) is 0 Å². The number of hydrogen-bond acceptors (Lipinski definition) is 5. The number of carbonyl (C=O) groups excluding carboxylic acids is 1. The third-order valence-corrected chi connectivity index (χ3v) is 1.17. The van der Waals surface area contributed by atoms with Crippen molar-refractivity contribution in [1.29, 1.82) is 5.26 Å². The summed E-state index contributed by atoms with van der Waals surface area (Å²) in [5.41, 5.74) is 10.5. The summed E-state index contributed by atoms with van der Waals surface area (Å²) in [6.07, 6.45) is 2.37. The van der Waals surface area contributed by atoms with Gasteiger partial charge in [0.15, 0.2) is 0 Å². The molecule has 5 nitrogen and oxygen atoms in total. The normalized spacial score (nSPS) is 11.7. The minimum absolute atomic E-state index is 0.455. The number of rotatable bonds is 4. The summed E-state index contributed by atoms with van der Waals surface area (Å²) in [4.78, 5) is 10.6. The number of hydrogen-bond donors (Lipinski definition) is 2. The SMILES string of the molecule is N#COC(=O)[C@@H](N)CCCN. The van der Waals surface area contributed by atoms with Crippen LogP contribution >= 0.6 is 0 Å². The maximum absolute atomic E-state index is 10.6. The quantitative estimate of drug-likeness (QED) is 0.405. The summed E-state index contributed by atoms with van der Waals surface area (Å²) in [6, 6.07) is -0.724. The van der Waals surface area contributed by atoms with Gasteiger partial charge in [-0.2, -0.15) is 0 Å². The Morgan fingerprint density at radius 1 is 1.73 bits per heavy atom. The summed E-state index contributed by atoms with van der Waals surface area (Å²) in [6.45, 7) is 0.480. The Kier molecular flexibility index (Phi) is 5.07. The van der Waals surface area contributed by atoms with Gasteiger partial charge < -0.3 is 16.2 Å². The molecular formula is C6H11N3O2. The predicted molar refractivity (Wildman–Crippen MR) is 38.0 cm³/mol. The first-order chi connectivity index (χ1) is 5.22. The minimum atomic E-state index is -0.724. The molecule has 0 bridgehead atoms. The Morgan fingerprint density at radius 2 is 2.36 bits per heavy atom. The standard InChI is InChI=1S/C6H11N3O2/c7-3-1-2-5(9)6(10)11-4-8/h5H,1-3,7,9H2/t5-/m0/s1. The first kappa shape index (κ1) is 9.88. The molecule has 0 amide bonds. The molecule has 0 aromatic rings. The highest BCUT2D eigenvalue weighted by Crippen LogP contribution is 1.94. The van der Waals surface area contributed by atoms with Crippen LogP contribution in [0.15, 0.2) is 0 Å². The lowest BCUT2D eigenvalue weighted by molar-refractivity contribution is -0.138. The van der Waals surface area contributed by atoms with E-state index in [1.807, 2.05) is 0 Å². The summed E-state index contributed by atoms with van der Waals surface area (Å²) in [7, 11) is 0. The Labute approximate surface area is 64.9 Å². The zero-order chi connectivity index (χ0) is 8.69. The second-order valence-electron chi connectivity index (χ2n) is 2.05. The van der Waals surface area contributed by atoms with E-state index < -0.39 is 12.0 Å². The Morgan fingerprint density at radius 3 is 2.82 bits per heavy atom. The van der Waals surface area contributed by atoms with Crippen molar-refractivity contribution in [3.8, 4) is 6.26 Å². The largest absolute Gasteiger partial charge is 0.350 e. The van der Waals surface area contributed by atoms with Gasteiger partial charge in [-0.3, -0.25) is 0 Å². The fourth-order valence-corrected chi connectivity index (χ4v) is 0.576. The van der Waals surface area contributed by atoms with Crippen molar-refractivity contribution in [3.63, 3.8) is 0 Å². The molecule has 0 aliphatic carbocycles. The van der Waals surface area contributed by atoms with E-state index in [1.165, 1.54) is 6.26 Å². The van der Waals surface area contributed by atoms with E-state index in [2.05, 4.69) is 4.74 Å². The zero-order valence-electron chi connectivity index (χ0n) is 6.12. The molecule has 11 heavy (non-hydrogen) atoms. The summed E-state index contributed by atoms with van der Waals surface area (Å²) >= 11 is 0. The van der Waals surface area contributed by atoms with E-state index >= 15 is 0 Å². The molecule has 4 N–H and O–H groups in total. The highest BCUT2D eigenvalue weighted by atomic mass is 16.5. The average Bonchev–Trinajstić information content (AvgIpc) is 2.00. The molecule has 62 valence electrons. The van der Waals surface area contributed by atoms with Crippen LogP contribution in [0.2, 0.25) is 0 Å². The Bertz CT molecular complexity index is 164. The van der Waals surface area contributed by atoms with E-state index in [9.17, 15) is 4.79 Å². The lowest BCUT2D eigenvalue weighted by Crippen LogP contribution is -2.31. The van der Waals surface area contributed by atoms with E-state index in [1.54, 1.807) is 0 Å². The van der Waals surface area contributed by atoms with Gasteiger partial charge in [-0.05, 0) is 19.4 Å². The van der Waals surface area contributed by atoms with Gasteiger partial charge in [-0.15, -0.1) is 5.26 Å². The second kappa shape index (κ2) is 5.65. The Hall–Kier alpha value is -1.12. The van der Waals surface area contributed by atoms with E-state index in [0.29, 0.717) is 19.4 Å². The molecule has 0 spiro atoms.